The molecule has 1 aliphatic rings. The number of H-pyrrole nitrogens is 1. The van der Waals surface area contributed by atoms with Crippen molar-refractivity contribution >= 4 is 11.8 Å². The number of nitrogens with one attached hydrogen (secondary N) is 1. The molecule has 24 heavy (non-hydrogen) atoms. The molecule has 1 aliphatic heterocycles. The van der Waals surface area contributed by atoms with Crippen LogP contribution in [0.4, 0.5) is 0 Å². The number of hydrogen-bond donors (Lipinski definition) is 2. The fourth-order valence-corrected chi connectivity index (χ4v) is 2.72. The number of phenolic OH excluding ortho intramolecular Hbond substituents is 1. The molecule has 0 aliphatic carbocycles. The largest absolute Gasteiger partial charge is 0.504 e. The maximum Gasteiger partial charge on any atom is 0.160 e. The van der Waals surface area contributed by atoms with E-state index in [9.17, 15) is 5.11 Å². The van der Waals surface area contributed by atoms with E-state index in [1.165, 1.54) is 7.11 Å². The number of methoxy groups -OCH3 is 2. The van der Waals surface area contributed by atoms with Crippen molar-refractivity contribution in [3.05, 3.63) is 64.3 Å². The first-order valence-corrected chi connectivity index (χ1v) is 7.62. The summed E-state index contributed by atoms with van der Waals surface area (Å²) in [6.45, 7) is 4.07. The van der Waals surface area contributed by atoms with Gasteiger partial charge in [-0.05, 0) is 49.8 Å². The van der Waals surface area contributed by atoms with E-state index in [0.717, 1.165) is 33.9 Å². The molecular formula is C19H20N2O3. The Morgan fingerprint density at radius 2 is 1.92 bits per heavy atom. The van der Waals surface area contributed by atoms with E-state index in [4.69, 9.17) is 9.47 Å². The molecule has 124 valence electrons. The third kappa shape index (κ3) is 2.93. The zero-order valence-corrected chi connectivity index (χ0v) is 14.2. The zero-order chi connectivity index (χ0) is 17.3. The molecule has 1 aromatic heterocycles. The highest BCUT2D eigenvalue weighted by molar-refractivity contribution is 6.12. The van der Waals surface area contributed by atoms with Crippen LogP contribution < -0.4 is 4.74 Å². The number of aromatic nitrogens is 1. The maximum atomic E-state index is 9.96. The molecule has 0 saturated carbocycles. The predicted octanol–water partition coefficient (Wildman–Crippen LogP) is 3.72. The van der Waals surface area contributed by atoms with Crippen LogP contribution in [-0.2, 0) is 4.74 Å². The maximum absolute atomic E-state index is 9.96. The van der Waals surface area contributed by atoms with Crippen molar-refractivity contribution in [3.8, 4) is 11.5 Å². The third-order valence-electron chi connectivity index (χ3n) is 3.93. The third-order valence-corrected chi connectivity index (χ3v) is 3.93. The summed E-state index contributed by atoms with van der Waals surface area (Å²) in [5, 5.41) is 9.96. The molecule has 2 N–H and O–H groups in total. The smallest absolute Gasteiger partial charge is 0.160 e. The lowest BCUT2D eigenvalue weighted by molar-refractivity contribution is 0.303. The Balaban J connectivity index is 2.00. The van der Waals surface area contributed by atoms with Crippen LogP contribution in [0, 0.1) is 13.8 Å². The van der Waals surface area contributed by atoms with Crippen LogP contribution in [0.2, 0.25) is 0 Å². The lowest BCUT2D eigenvalue weighted by Crippen LogP contribution is -1.94. The van der Waals surface area contributed by atoms with Crippen molar-refractivity contribution in [1.82, 2.24) is 4.98 Å². The number of phenols is 1. The minimum atomic E-state index is 0.0818. The Bertz CT molecular complexity index is 873. The van der Waals surface area contributed by atoms with Gasteiger partial charge in [0.25, 0.3) is 0 Å². The van der Waals surface area contributed by atoms with Crippen LogP contribution in [0.1, 0.15) is 22.5 Å². The van der Waals surface area contributed by atoms with Gasteiger partial charge >= 0.3 is 0 Å². The summed E-state index contributed by atoms with van der Waals surface area (Å²) in [4.78, 5) is 7.95. The first-order valence-electron chi connectivity index (χ1n) is 7.62. The normalized spacial score (nSPS) is 15.4. The van der Waals surface area contributed by atoms with Gasteiger partial charge in [0, 0.05) is 23.0 Å². The molecule has 5 heteroatoms. The molecule has 0 saturated heterocycles. The van der Waals surface area contributed by atoms with E-state index in [2.05, 4.69) is 16.0 Å². The van der Waals surface area contributed by atoms with Gasteiger partial charge in [-0.15, -0.1) is 0 Å². The molecule has 0 spiro atoms. The molecule has 0 bridgehead atoms. The second-order valence-electron chi connectivity index (χ2n) is 5.68. The van der Waals surface area contributed by atoms with Crippen molar-refractivity contribution in [2.45, 2.75) is 13.8 Å². The van der Waals surface area contributed by atoms with Crippen molar-refractivity contribution < 1.29 is 14.6 Å². The van der Waals surface area contributed by atoms with Crippen LogP contribution in [0.25, 0.3) is 6.08 Å². The number of allylic oxidation sites excluding steroid dienone is 1. The quantitative estimate of drug-likeness (QED) is 0.901. The number of aliphatic imine (C=N–C) groups is 1. The van der Waals surface area contributed by atoms with Crippen LogP contribution >= 0.6 is 0 Å². The van der Waals surface area contributed by atoms with Crippen LogP contribution in [0.3, 0.4) is 0 Å². The second-order valence-corrected chi connectivity index (χ2v) is 5.68. The van der Waals surface area contributed by atoms with Crippen molar-refractivity contribution in [2.75, 3.05) is 14.2 Å². The number of nitrogens with zero attached hydrogens (tertiary/aromatic N) is 1. The molecular weight excluding hydrogens is 304 g/mol. The molecule has 5 nitrogen and oxygen atoms in total. The minimum Gasteiger partial charge on any atom is -0.504 e. The summed E-state index contributed by atoms with van der Waals surface area (Å²) in [7, 11) is 3.14. The monoisotopic (exact) mass is 324 g/mol. The zero-order valence-electron chi connectivity index (χ0n) is 14.2. The van der Waals surface area contributed by atoms with Gasteiger partial charge in [0.15, 0.2) is 11.5 Å². The van der Waals surface area contributed by atoms with Gasteiger partial charge in [-0.2, -0.15) is 0 Å². The Kier molecular flexibility index (Phi) is 4.16. The fraction of sp³-hybridized carbons (Fsp3) is 0.211. The summed E-state index contributed by atoms with van der Waals surface area (Å²) < 4.78 is 10.5. The summed E-state index contributed by atoms with van der Waals surface area (Å²) in [5.41, 5.74) is 5.54. The van der Waals surface area contributed by atoms with Crippen molar-refractivity contribution in [1.29, 1.82) is 0 Å². The molecule has 0 atom stereocenters. The van der Waals surface area contributed by atoms with Crippen LogP contribution in [0.5, 0.6) is 11.5 Å². The Hall–Kier alpha value is -2.95. The number of hydrogen-bond acceptors (Lipinski definition) is 4. The molecule has 0 radical (unpaired) electrons. The number of aryl methyl sites for hydroxylation is 2. The van der Waals surface area contributed by atoms with E-state index in [0.29, 0.717) is 11.5 Å². The molecule has 0 fully saturated rings. The highest BCUT2D eigenvalue weighted by Crippen LogP contribution is 2.30. The van der Waals surface area contributed by atoms with Gasteiger partial charge in [0.2, 0.25) is 0 Å². The van der Waals surface area contributed by atoms with Gasteiger partial charge in [0.1, 0.15) is 11.5 Å². The van der Waals surface area contributed by atoms with Gasteiger partial charge in [-0.3, -0.25) is 0 Å². The Morgan fingerprint density at radius 3 is 2.50 bits per heavy atom. The van der Waals surface area contributed by atoms with E-state index in [1.54, 1.807) is 19.2 Å². The lowest BCUT2D eigenvalue weighted by Gasteiger charge is -2.04. The highest BCUT2D eigenvalue weighted by atomic mass is 16.5. The summed E-state index contributed by atoms with van der Waals surface area (Å²) in [5.74, 6) is 1.20. The summed E-state index contributed by atoms with van der Waals surface area (Å²) in [6, 6.07) is 7.29. The number of aromatic hydroxyl groups is 1. The Labute approximate surface area is 141 Å². The van der Waals surface area contributed by atoms with Crippen LogP contribution in [0.15, 0.2) is 46.8 Å². The molecule has 2 heterocycles. The highest BCUT2D eigenvalue weighted by Gasteiger charge is 2.18. The average Bonchev–Trinajstić information content (AvgIpc) is 3.10. The van der Waals surface area contributed by atoms with Crippen molar-refractivity contribution in [3.63, 3.8) is 0 Å². The SMILES string of the molecule is COC1=CC(c2ccc(OC)c(O)c2)=NC1=Cc1[nH]c(C)cc1C. The molecule has 1 aromatic carbocycles. The van der Waals surface area contributed by atoms with Crippen LogP contribution in [-0.4, -0.2) is 30.0 Å². The van der Waals surface area contributed by atoms with E-state index in [1.807, 2.05) is 32.1 Å². The number of aromatic amines is 1. The van der Waals surface area contributed by atoms with E-state index in [-0.39, 0.29) is 5.75 Å². The van der Waals surface area contributed by atoms with Gasteiger partial charge < -0.3 is 19.6 Å². The molecule has 2 aromatic rings. The number of ether oxygens (including phenoxy) is 2. The van der Waals surface area contributed by atoms with Gasteiger partial charge in [-0.25, -0.2) is 4.99 Å². The van der Waals surface area contributed by atoms with E-state index >= 15 is 0 Å². The molecule has 0 unspecified atom stereocenters. The van der Waals surface area contributed by atoms with Gasteiger partial charge in [-0.1, -0.05) is 0 Å². The topological polar surface area (TPSA) is 66.8 Å². The van der Waals surface area contributed by atoms with E-state index < -0.39 is 0 Å². The fourth-order valence-electron chi connectivity index (χ4n) is 2.72. The number of rotatable bonds is 4. The molecule has 0 amide bonds. The predicted molar refractivity (Wildman–Crippen MR) is 94.5 cm³/mol. The first kappa shape index (κ1) is 15.9. The standard InChI is InChI=1S/C19H20N2O3/c1-11-7-12(2)20-14(11)9-16-19(24-4)10-15(21-16)13-5-6-18(23-3)17(22)8-13/h5-10,20,22H,1-4H3. The Morgan fingerprint density at radius 1 is 1.12 bits per heavy atom. The summed E-state index contributed by atoms with van der Waals surface area (Å²) >= 11 is 0. The summed E-state index contributed by atoms with van der Waals surface area (Å²) in [6.07, 6.45) is 3.83. The minimum absolute atomic E-state index is 0.0818. The molecule has 3 rings (SSSR count). The second kappa shape index (κ2) is 6.28. The van der Waals surface area contributed by atoms with Crippen molar-refractivity contribution in [2.24, 2.45) is 4.99 Å². The average molecular weight is 324 g/mol. The first-order chi connectivity index (χ1) is 11.5. The lowest BCUT2D eigenvalue weighted by atomic mass is 10.1. The van der Waals surface area contributed by atoms with Gasteiger partial charge in [0.05, 0.1) is 19.9 Å². The number of benzene rings is 1.